The van der Waals surface area contributed by atoms with Gasteiger partial charge in [0.25, 0.3) is 0 Å². The third-order valence-electron chi connectivity index (χ3n) is 5.18. The van der Waals surface area contributed by atoms with E-state index in [0.717, 1.165) is 62.7 Å². The van der Waals surface area contributed by atoms with E-state index in [1.54, 1.807) is 0 Å². The van der Waals surface area contributed by atoms with E-state index in [0.29, 0.717) is 25.6 Å². The van der Waals surface area contributed by atoms with E-state index < -0.39 is 19.8 Å². The van der Waals surface area contributed by atoms with Crippen LogP contribution in [0.2, 0.25) is 0 Å². The van der Waals surface area contributed by atoms with Gasteiger partial charge >= 0.3 is 14.6 Å². The highest BCUT2D eigenvalue weighted by atomic mass is 32.7. The molecule has 0 aromatic carbocycles. The van der Waals surface area contributed by atoms with Gasteiger partial charge in [0, 0.05) is 19.0 Å². The van der Waals surface area contributed by atoms with Gasteiger partial charge in [-0.2, -0.15) is 0 Å². The molecule has 0 saturated heterocycles. The number of carboxylic acid groups (broad SMARTS) is 1. The minimum absolute atomic E-state index is 0.0149. The molecule has 2 amide bonds. The summed E-state index contributed by atoms with van der Waals surface area (Å²) in [6.07, 6.45) is 6.64. The molecule has 174 valence electrons. The molecule has 1 aliphatic rings. The summed E-state index contributed by atoms with van der Waals surface area (Å²) in [7, 11) is 0.0805. The summed E-state index contributed by atoms with van der Waals surface area (Å²) in [4.78, 5) is 52.4. The minimum Gasteiger partial charge on any atom is -0.481 e. The van der Waals surface area contributed by atoms with Crippen LogP contribution in [0.5, 0.6) is 0 Å². The Hall–Kier alpha value is -0.500. The molecule has 0 spiro atoms. The summed E-state index contributed by atoms with van der Waals surface area (Å²) >= 11 is 1.16. The molecule has 2 atom stereocenters. The summed E-state index contributed by atoms with van der Waals surface area (Å²) in [6, 6.07) is 0. The van der Waals surface area contributed by atoms with E-state index in [-0.39, 0.29) is 24.2 Å². The predicted octanol–water partition coefficient (Wildman–Crippen LogP) is 2.18. The first-order valence-corrected chi connectivity index (χ1v) is 13.8. The van der Waals surface area contributed by atoms with Gasteiger partial charge in [0.05, 0.1) is 18.3 Å². The van der Waals surface area contributed by atoms with E-state index in [9.17, 15) is 14.4 Å². The first-order chi connectivity index (χ1) is 14.3. The lowest BCUT2D eigenvalue weighted by Crippen LogP contribution is -2.39. The maximum absolute atomic E-state index is 12.3. The van der Waals surface area contributed by atoms with Crippen molar-refractivity contribution in [1.29, 1.82) is 0 Å². The Morgan fingerprint density at radius 3 is 2.33 bits per heavy atom. The van der Waals surface area contributed by atoms with Crippen molar-refractivity contribution in [2.45, 2.75) is 63.0 Å². The molecule has 1 aliphatic carbocycles. The quantitative estimate of drug-likeness (QED) is 0.176. The van der Waals surface area contributed by atoms with Crippen LogP contribution in [0.4, 0.5) is 0 Å². The summed E-state index contributed by atoms with van der Waals surface area (Å²) in [5, 5.41) is 14.1. The fourth-order valence-corrected chi connectivity index (χ4v) is 4.83. The zero-order valence-corrected chi connectivity index (χ0v) is 20.0. The Morgan fingerprint density at radius 1 is 1.07 bits per heavy atom. The molecule has 5 N–H and O–H groups in total. The second-order valence-electron chi connectivity index (χ2n) is 7.48. The molecule has 12 heteroatoms. The second-order valence-corrected chi connectivity index (χ2v) is 9.90. The van der Waals surface area contributed by atoms with Crippen LogP contribution >= 0.6 is 28.4 Å². The third kappa shape index (κ3) is 12.4. The summed E-state index contributed by atoms with van der Waals surface area (Å²) < 4.78 is 4.69. The molecule has 30 heavy (non-hydrogen) atoms. The number of carboxylic acids is 1. The predicted molar refractivity (Wildman–Crippen MR) is 121 cm³/mol. The van der Waals surface area contributed by atoms with Crippen LogP contribution < -0.4 is 10.6 Å². The van der Waals surface area contributed by atoms with E-state index in [1.165, 1.54) is 0 Å². The monoisotopic (exact) mass is 484 g/mol. The maximum atomic E-state index is 12.3. The van der Waals surface area contributed by atoms with Crippen LogP contribution in [0.15, 0.2) is 0 Å². The number of carbonyl (C=O) groups excluding carboxylic acids is 2. The van der Waals surface area contributed by atoms with Crippen LogP contribution in [0.1, 0.15) is 57.8 Å². The molecule has 0 heterocycles. The van der Waals surface area contributed by atoms with Crippen molar-refractivity contribution in [3.05, 3.63) is 0 Å². The van der Waals surface area contributed by atoms with Crippen molar-refractivity contribution in [3.63, 3.8) is 0 Å². The van der Waals surface area contributed by atoms with Gasteiger partial charge in [-0.05, 0) is 44.4 Å². The molecular weight excluding hydrogens is 450 g/mol. The molecule has 1 rings (SSSR count). The average Bonchev–Trinajstić information content (AvgIpc) is 2.71. The van der Waals surface area contributed by atoms with Gasteiger partial charge in [-0.25, -0.2) is 0 Å². The van der Waals surface area contributed by atoms with Gasteiger partial charge in [0.2, 0.25) is 11.8 Å². The highest BCUT2D eigenvalue weighted by Crippen LogP contribution is 2.29. The number of hydrogen-bond acceptors (Lipinski definition) is 7. The molecule has 0 radical (unpaired) electrons. The lowest BCUT2D eigenvalue weighted by Gasteiger charge is -2.28. The zero-order valence-electron chi connectivity index (χ0n) is 17.1. The maximum Gasteiger partial charge on any atom is 0.327 e. The lowest BCUT2D eigenvalue weighted by molar-refractivity contribution is -0.138. The van der Waals surface area contributed by atoms with Crippen molar-refractivity contribution in [3.8, 4) is 0 Å². The average molecular weight is 484 g/mol. The molecule has 0 aromatic heterocycles. The van der Waals surface area contributed by atoms with Crippen LogP contribution in [0.25, 0.3) is 0 Å². The Labute approximate surface area is 185 Å². The van der Waals surface area contributed by atoms with Crippen LogP contribution in [-0.2, 0) is 18.9 Å². The minimum atomic E-state index is -2.26. The molecule has 1 fully saturated rings. The SMILES string of the molecule is O=C(O)CC(SP)C(=O)NCC1CCC(C(=O)NCCCCCCOP(O)O)CC1. The van der Waals surface area contributed by atoms with Crippen molar-refractivity contribution in [1.82, 2.24) is 10.6 Å². The standard InChI is InChI=1S/C18H34N2O7P2S/c21-16(22)11-15(30-28)18(24)20-12-13-5-7-14(8-6-13)17(23)19-9-3-1-2-4-10-27-29(25)26/h13-15,25-26H,1-12,28H2,(H,19,23)(H,20,24)(H,21,22). The Kier molecular flexibility index (Phi) is 14.8. The van der Waals surface area contributed by atoms with E-state index in [2.05, 4.69) is 19.1 Å². The lowest BCUT2D eigenvalue weighted by atomic mass is 9.81. The molecule has 1 saturated carbocycles. The highest BCUT2D eigenvalue weighted by molar-refractivity contribution is 8.44. The van der Waals surface area contributed by atoms with Gasteiger partial charge in [0.1, 0.15) is 0 Å². The van der Waals surface area contributed by atoms with Gasteiger partial charge < -0.3 is 30.1 Å². The van der Waals surface area contributed by atoms with Gasteiger partial charge in [0.15, 0.2) is 0 Å². The van der Waals surface area contributed by atoms with Crippen LogP contribution in [0.3, 0.4) is 0 Å². The Bertz CT molecular complexity index is 535. The van der Waals surface area contributed by atoms with E-state index in [4.69, 9.17) is 19.4 Å². The van der Waals surface area contributed by atoms with Crippen molar-refractivity contribution < 1.29 is 33.8 Å². The number of amides is 2. The third-order valence-corrected chi connectivity index (χ3v) is 7.28. The fraction of sp³-hybridized carbons (Fsp3) is 0.833. The molecule has 0 aromatic rings. The molecular formula is C18H34N2O7P2S. The summed E-state index contributed by atoms with van der Waals surface area (Å²) in [5.41, 5.74) is 0. The number of hydrogen-bond donors (Lipinski definition) is 5. The number of aliphatic carboxylic acids is 1. The number of nitrogens with one attached hydrogen (secondary N) is 2. The van der Waals surface area contributed by atoms with E-state index >= 15 is 0 Å². The molecule has 0 aliphatic heterocycles. The topological polar surface area (TPSA) is 145 Å². The summed E-state index contributed by atoms with van der Waals surface area (Å²) in [6.45, 7) is 1.50. The smallest absolute Gasteiger partial charge is 0.327 e. The zero-order chi connectivity index (χ0) is 22.4. The first-order valence-electron chi connectivity index (χ1n) is 10.3. The molecule has 9 nitrogen and oxygen atoms in total. The Balaban J connectivity index is 2.12. The number of carbonyl (C=O) groups is 3. The van der Waals surface area contributed by atoms with Crippen LogP contribution in [-0.4, -0.2) is 57.6 Å². The Morgan fingerprint density at radius 2 is 1.73 bits per heavy atom. The highest BCUT2D eigenvalue weighted by Gasteiger charge is 2.27. The largest absolute Gasteiger partial charge is 0.481 e. The van der Waals surface area contributed by atoms with Gasteiger partial charge in [-0.1, -0.05) is 21.3 Å². The van der Waals surface area contributed by atoms with Crippen molar-refractivity contribution in [2.75, 3.05) is 19.7 Å². The molecule has 0 bridgehead atoms. The number of rotatable bonds is 15. The van der Waals surface area contributed by atoms with Crippen LogP contribution in [0, 0.1) is 11.8 Å². The van der Waals surface area contributed by atoms with Gasteiger partial charge in [-0.3, -0.25) is 14.4 Å². The van der Waals surface area contributed by atoms with Crippen molar-refractivity contribution in [2.24, 2.45) is 11.8 Å². The fourth-order valence-electron chi connectivity index (χ4n) is 3.43. The first kappa shape index (κ1) is 27.5. The normalized spacial score (nSPS) is 20.0. The second kappa shape index (κ2) is 16.2. The van der Waals surface area contributed by atoms with E-state index in [1.807, 2.05) is 0 Å². The van der Waals surface area contributed by atoms with Crippen molar-refractivity contribution >= 4 is 46.2 Å². The van der Waals surface area contributed by atoms with Gasteiger partial charge in [-0.15, -0.1) is 11.4 Å². The number of unbranched alkanes of at least 4 members (excludes halogenated alkanes) is 3. The molecule has 2 unspecified atom stereocenters. The summed E-state index contributed by atoms with van der Waals surface area (Å²) in [5.74, 6) is -0.821.